The van der Waals surface area contributed by atoms with Crippen LogP contribution in [0.5, 0.6) is 0 Å². The summed E-state index contributed by atoms with van der Waals surface area (Å²) in [5.74, 6) is -0.175. The Kier molecular flexibility index (Phi) is 5.37. The Hall–Kier alpha value is -1.33. The van der Waals surface area contributed by atoms with Crippen molar-refractivity contribution < 1.29 is 14.8 Å². The van der Waals surface area contributed by atoms with Crippen LogP contribution >= 0.6 is 0 Å². The third-order valence-electron chi connectivity index (χ3n) is 3.32. The summed E-state index contributed by atoms with van der Waals surface area (Å²) in [6, 6.07) is 7.13. The largest absolute Gasteiger partial charge is 0.488 e. The molecule has 5 heteroatoms. The number of benzene rings is 1. The maximum Gasteiger partial charge on any atom is 0.488 e. The first-order valence-corrected chi connectivity index (χ1v) is 6.21. The number of carbonyl (C=O) groups excluding carboxylic acids is 1. The molecule has 0 aliphatic rings. The Morgan fingerprint density at radius 1 is 1.33 bits per heavy atom. The molecule has 0 spiro atoms. The van der Waals surface area contributed by atoms with Crippen molar-refractivity contribution in [2.75, 3.05) is 0 Å². The lowest BCUT2D eigenvalue weighted by atomic mass is 9.78. The molecule has 0 fully saturated rings. The van der Waals surface area contributed by atoms with E-state index < -0.39 is 7.12 Å². The van der Waals surface area contributed by atoms with Crippen molar-refractivity contribution in [2.45, 2.75) is 32.6 Å². The second kappa shape index (κ2) is 6.57. The van der Waals surface area contributed by atoms with Gasteiger partial charge in [0.15, 0.2) is 0 Å². The molecule has 0 bridgehead atoms. The van der Waals surface area contributed by atoms with Crippen molar-refractivity contribution in [2.24, 2.45) is 11.7 Å². The Balaban J connectivity index is 2.79. The Labute approximate surface area is 108 Å². The third-order valence-corrected chi connectivity index (χ3v) is 3.32. The van der Waals surface area contributed by atoms with Crippen molar-refractivity contribution >= 4 is 18.5 Å². The standard InChI is InChI=1S/C13H20BNO3/c1-3-10(8-9(2)13(15)16)11-4-6-12(7-5-11)14(17)18/h4-7,9-10,17-18H,3,8H2,1-2H3,(H2,15,16). The zero-order valence-electron chi connectivity index (χ0n) is 10.8. The highest BCUT2D eigenvalue weighted by Crippen LogP contribution is 2.26. The number of amides is 1. The third kappa shape index (κ3) is 3.86. The normalized spacial score (nSPS) is 14.0. The molecule has 98 valence electrons. The van der Waals surface area contributed by atoms with Crippen molar-refractivity contribution in [3.8, 4) is 0 Å². The minimum absolute atomic E-state index is 0.155. The molecule has 2 unspecified atom stereocenters. The van der Waals surface area contributed by atoms with Gasteiger partial charge >= 0.3 is 7.12 Å². The second-order valence-electron chi connectivity index (χ2n) is 4.68. The highest BCUT2D eigenvalue weighted by Gasteiger charge is 2.18. The van der Waals surface area contributed by atoms with Gasteiger partial charge in [-0.05, 0) is 29.8 Å². The van der Waals surface area contributed by atoms with Crippen molar-refractivity contribution in [1.82, 2.24) is 0 Å². The molecule has 18 heavy (non-hydrogen) atoms. The topological polar surface area (TPSA) is 83.6 Å². The van der Waals surface area contributed by atoms with Gasteiger partial charge in [0.1, 0.15) is 0 Å². The van der Waals surface area contributed by atoms with Crippen LogP contribution in [0.4, 0.5) is 0 Å². The van der Waals surface area contributed by atoms with Crippen molar-refractivity contribution in [3.05, 3.63) is 29.8 Å². The van der Waals surface area contributed by atoms with Crippen LogP contribution in [-0.2, 0) is 4.79 Å². The van der Waals surface area contributed by atoms with Gasteiger partial charge < -0.3 is 15.8 Å². The summed E-state index contributed by atoms with van der Waals surface area (Å²) in [6.45, 7) is 3.89. The molecule has 0 aliphatic heterocycles. The molecule has 2 atom stereocenters. The van der Waals surface area contributed by atoms with Crippen LogP contribution in [0.2, 0.25) is 0 Å². The van der Waals surface area contributed by atoms with E-state index in [1.54, 1.807) is 12.1 Å². The molecule has 1 amide bonds. The van der Waals surface area contributed by atoms with E-state index in [2.05, 4.69) is 6.92 Å². The number of rotatable bonds is 6. The van der Waals surface area contributed by atoms with E-state index in [1.807, 2.05) is 19.1 Å². The summed E-state index contributed by atoms with van der Waals surface area (Å²) < 4.78 is 0. The molecule has 0 saturated heterocycles. The summed E-state index contributed by atoms with van der Waals surface area (Å²) >= 11 is 0. The predicted molar refractivity (Wildman–Crippen MR) is 72.3 cm³/mol. The zero-order valence-corrected chi connectivity index (χ0v) is 10.8. The highest BCUT2D eigenvalue weighted by molar-refractivity contribution is 6.58. The van der Waals surface area contributed by atoms with Crippen LogP contribution in [-0.4, -0.2) is 23.1 Å². The monoisotopic (exact) mass is 249 g/mol. The van der Waals surface area contributed by atoms with Gasteiger partial charge in [0.2, 0.25) is 5.91 Å². The summed E-state index contributed by atoms with van der Waals surface area (Å²) in [6.07, 6.45) is 1.63. The Morgan fingerprint density at radius 2 is 1.89 bits per heavy atom. The van der Waals surface area contributed by atoms with Crippen molar-refractivity contribution in [1.29, 1.82) is 0 Å². The van der Waals surface area contributed by atoms with E-state index in [0.717, 1.165) is 12.0 Å². The quantitative estimate of drug-likeness (QED) is 0.637. The van der Waals surface area contributed by atoms with Crippen molar-refractivity contribution in [3.63, 3.8) is 0 Å². The Morgan fingerprint density at radius 3 is 2.28 bits per heavy atom. The fraction of sp³-hybridized carbons (Fsp3) is 0.462. The van der Waals surface area contributed by atoms with Crippen LogP contribution in [0.25, 0.3) is 0 Å². The minimum Gasteiger partial charge on any atom is -0.423 e. The Bertz CT molecular complexity index is 392. The first-order valence-electron chi connectivity index (χ1n) is 6.21. The van der Waals surface area contributed by atoms with Gasteiger partial charge in [0.05, 0.1) is 0 Å². The van der Waals surface area contributed by atoms with E-state index in [1.165, 1.54) is 0 Å². The lowest BCUT2D eigenvalue weighted by Gasteiger charge is -2.18. The maximum absolute atomic E-state index is 11.1. The summed E-state index contributed by atoms with van der Waals surface area (Å²) in [7, 11) is -1.44. The number of nitrogens with two attached hydrogens (primary N) is 1. The zero-order chi connectivity index (χ0) is 13.7. The molecule has 0 aliphatic carbocycles. The van der Waals surface area contributed by atoms with Gasteiger partial charge in [-0.2, -0.15) is 0 Å². The molecule has 4 N–H and O–H groups in total. The molecule has 1 aromatic carbocycles. The molecule has 1 rings (SSSR count). The van der Waals surface area contributed by atoms with Gasteiger partial charge in [-0.3, -0.25) is 4.79 Å². The van der Waals surface area contributed by atoms with E-state index in [0.29, 0.717) is 11.9 Å². The smallest absolute Gasteiger partial charge is 0.423 e. The molecule has 0 heterocycles. The van der Waals surface area contributed by atoms with Crippen LogP contribution in [0.15, 0.2) is 24.3 Å². The van der Waals surface area contributed by atoms with E-state index in [4.69, 9.17) is 15.8 Å². The van der Waals surface area contributed by atoms with Gasteiger partial charge in [-0.15, -0.1) is 0 Å². The fourth-order valence-electron chi connectivity index (χ4n) is 2.02. The van der Waals surface area contributed by atoms with Crippen LogP contribution < -0.4 is 11.2 Å². The number of carbonyl (C=O) groups is 1. The van der Waals surface area contributed by atoms with E-state index in [9.17, 15) is 4.79 Å². The molecular formula is C13H20BNO3. The van der Waals surface area contributed by atoms with Crippen LogP contribution in [0, 0.1) is 5.92 Å². The average Bonchev–Trinajstić information content (AvgIpc) is 2.35. The number of hydrogen-bond donors (Lipinski definition) is 3. The molecule has 1 aromatic rings. The molecule has 4 nitrogen and oxygen atoms in total. The van der Waals surface area contributed by atoms with Gasteiger partial charge in [-0.25, -0.2) is 0 Å². The average molecular weight is 249 g/mol. The fourth-order valence-corrected chi connectivity index (χ4v) is 2.02. The first-order chi connectivity index (χ1) is 8.45. The molecule has 0 radical (unpaired) electrons. The molecule has 0 saturated carbocycles. The molecule has 0 aromatic heterocycles. The minimum atomic E-state index is -1.44. The van der Waals surface area contributed by atoms with Gasteiger partial charge in [0.25, 0.3) is 0 Å². The SMILES string of the molecule is CCC(CC(C)C(N)=O)c1ccc(B(O)O)cc1. The van der Waals surface area contributed by atoms with Crippen LogP contribution in [0.3, 0.4) is 0 Å². The number of hydrogen-bond acceptors (Lipinski definition) is 3. The lowest BCUT2D eigenvalue weighted by molar-refractivity contribution is -0.121. The van der Waals surface area contributed by atoms with Gasteiger partial charge in [-0.1, -0.05) is 38.1 Å². The van der Waals surface area contributed by atoms with E-state index >= 15 is 0 Å². The first kappa shape index (κ1) is 14.7. The predicted octanol–water partition coefficient (Wildman–Crippen LogP) is 0.372. The highest BCUT2D eigenvalue weighted by atomic mass is 16.4. The summed E-state index contributed by atoms with van der Waals surface area (Å²) in [4.78, 5) is 11.1. The van der Waals surface area contributed by atoms with Gasteiger partial charge in [0, 0.05) is 5.92 Å². The number of primary amides is 1. The second-order valence-corrected chi connectivity index (χ2v) is 4.68. The van der Waals surface area contributed by atoms with Crippen LogP contribution in [0.1, 0.15) is 38.2 Å². The lowest BCUT2D eigenvalue weighted by Crippen LogP contribution is -2.29. The summed E-state index contributed by atoms with van der Waals surface area (Å²) in [5.41, 5.74) is 6.84. The summed E-state index contributed by atoms with van der Waals surface area (Å²) in [5, 5.41) is 18.0. The maximum atomic E-state index is 11.1. The van der Waals surface area contributed by atoms with E-state index in [-0.39, 0.29) is 17.7 Å². The molecular weight excluding hydrogens is 229 g/mol.